The molecule has 90 valence electrons. The molecule has 0 unspecified atom stereocenters. The SMILES string of the molecule is c1ccc2c(c1)-c1ccccc1C2NCC1CC1. The molecule has 2 aliphatic carbocycles. The van der Waals surface area contributed by atoms with E-state index in [1.165, 1.54) is 35.1 Å². The van der Waals surface area contributed by atoms with Crippen LogP contribution in [0.3, 0.4) is 0 Å². The fourth-order valence-electron chi connectivity index (χ4n) is 2.98. The van der Waals surface area contributed by atoms with Gasteiger partial charge in [-0.1, -0.05) is 48.5 Å². The van der Waals surface area contributed by atoms with Crippen LogP contribution in [0.25, 0.3) is 11.1 Å². The van der Waals surface area contributed by atoms with Crippen molar-refractivity contribution in [2.45, 2.75) is 18.9 Å². The Morgan fingerprint density at radius 1 is 0.833 bits per heavy atom. The summed E-state index contributed by atoms with van der Waals surface area (Å²) in [4.78, 5) is 0. The van der Waals surface area contributed by atoms with Gasteiger partial charge in [0, 0.05) is 0 Å². The Morgan fingerprint density at radius 2 is 1.39 bits per heavy atom. The lowest BCUT2D eigenvalue weighted by Gasteiger charge is -2.15. The maximum Gasteiger partial charge on any atom is 0.0589 e. The fraction of sp³-hybridized carbons (Fsp3) is 0.294. The zero-order valence-electron chi connectivity index (χ0n) is 10.4. The number of rotatable bonds is 3. The van der Waals surface area contributed by atoms with E-state index in [0.29, 0.717) is 6.04 Å². The van der Waals surface area contributed by atoms with Crippen LogP contribution in [0.4, 0.5) is 0 Å². The standard InChI is InChI=1S/C17H17N/c1-3-7-15-13(5-1)14-6-2-4-8-16(14)17(15)18-11-12-9-10-12/h1-8,12,17-18H,9-11H2. The molecule has 4 rings (SSSR count). The molecular weight excluding hydrogens is 218 g/mol. The Kier molecular flexibility index (Phi) is 2.27. The average molecular weight is 235 g/mol. The minimum Gasteiger partial charge on any atom is -0.306 e. The molecule has 1 saturated carbocycles. The van der Waals surface area contributed by atoms with Crippen LogP contribution in [0, 0.1) is 5.92 Å². The Labute approximate surface area is 108 Å². The Bertz CT molecular complexity index is 538. The summed E-state index contributed by atoms with van der Waals surface area (Å²) in [6, 6.07) is 18.0. The van der Waals surface area contributed by atoms with Gasteiger partial charge in [-0.3, -0.25) is 0 Å². The number of hydrogen-bond acceptors (Lipinski definition) is 1. The lowest BCUT2D eigenvalue weighted by atomic mass is 10.1. The predicted molar refractivity (Wildman–Crippen MR) is 74.4 cm³/mol. The van der Waals surface area contributed by atoms with Crippen molar-refractivity contribution >= 4 is 0 Å². The Balaban J connectivity index is 1.76. The molecule has 0 heterocycles. The first kappa shape index (κ1) is 10.3. The van der Waals surface area contributed by atoms with Crippen LogP contribution in [0.15, 0.2) is 48.5 Å². The van der Waals surface area contributed by atoms with Gasteiger partial charge in [-0.2, -0.15) is 0 Å². The van der Waals surface area contributed by atoms with Crippen molar-refractivity contribution in [1.29, 1.82) is 0 Å². The third-order valence-electron chi connectivity index (χ3n) is 4.14. The molecule has 0 bridgehead atoms. The minimum absolute atomic E-state index is 0.401. The number of fused-ring (bicyclic) bond motifs is 3. The summed E-state index contributed by atoms with van der Waals surface area (Å²) in [6.07, 6.45) is 2.81. The van der Waals surface area contributed by atoms with E-state index in [4.69, 9.17) is 0 Å². The minimum atomic E-state index is 0.401. The monoisotopic (exact) mass is 235 g/mol. The van der Waals surface area contributed by atoms with Crippen LogP contribution >= 0.6 is 0 Å². The zero-order valence-corrected chi connectivity index (χ0v) is 10.4. The first-order valence-electron chi connectivity index (χ1n) is 6.85. The summed E-state index contributed by atoms with van der Waals surface area (Å²) >= 11 is 0. The van der Waals surface area contributed by atoms with Gasteiger partial charge >= 0.3 is 0 Å². The van der Waals surface area contributed by atoms with E-state index in [9.17, 15) is 0 Å². The molecule has 2 aromatic carbocycles. The van der Waals surface area contributed by atoms with Gasteiger partial charge in [0.2, 0.25) is 0 Å². The van der Waals surface area contributed by atoms with Crippen molar-refractivity contribution < 1.29 is 0 Å². The highest BCUT2D eigenvalue weighted by atomic mass is 14.9. The summed E-state index contributed by atoms with van der Waals surface area (Å²) in [5.41, 5.74) is 5.70. The van der Waals surface area contributed by atoms with Gasteiger partial charge in [-0.05, 0) is 47.6 Å². The normalized spacial score (nSPS) is 17.6. The molecule has 2 aliphatic rings. The highest BCUT2D eigenvalue weighted by Crippen LogP contribution is 2.43. The van der Waals surface area contributed by atoms with Gasteiger partial charge in [-0.25, -0.2) is 0 Å². The second kappa shape index (κ2) is 3.96. The molecule has 0 amide bonds. The van der Waals surface area contributed by atoms with E-state index in [0.717, 1.165) is 12.5 Å². The van der Waals surface area contributed by atoms with Crippen molar-refractivity contribution in [2.75, 3.05) is 6.54 Å². The Hall–Kier alpha value is -1.60. The van der Waals surface area contributed by atoms with Crippen LogP contribution in [0.2, 0.25) is 0 Å². The van der Waals surface area contributed by atoms with Gasteiger partial charge < -0.3 is 5.32 Å². The smallest absolute Gasteiger partial charge is 0.0589 e. The molecule has 0 aromatic heterocycles. The van der Waals surface area contributed by atoms with Crippen molar-refractivity contribution in [3.8, 4) is 11.1 Å². The van der Waals surface area contributed by atoms with Gasteiger partial charge in [0.25, 0.3) is 0 Å². The lowest BCUT2D eigenvalue weighted by Crippen LogP contribution is -2.22. The highest BCUT2D eigenvalue weighted by molar-refractivity contribution is 5.78. The van der Waals surface area contributed by atoms with E-state index in [1.807, 2.05) is 0 Å². The van der Waals surface area contributed by atoms with Crippen molar-refractivity contribution in [3.63, 3.8) is 0 Å². The van der Waals surface area contributed by atoms with Gasteiger partial charge in [-0.15, -0.1) is 0 Å². The maximum absolute atomic E-state index is 3.76. The summed E-state index contributed by atoms with van der Waals surface area (Å²) < 4.78 is 0. The van der Waals surface area contributed by atoms with E-state index in [1.54, 1.807) is 0 Å². The summed E-state index contributed by atoms with van der Waals surface area (Å²) in [7, 11) is 0. The largest absolute Gasteiger partial charge is 0.306 e. The molecule has 18 heavy (non-hydrogen) atoms. The predicted octanol–water partition coefficient (Wildman–Crippen LogP) is 3.76. The van der Waals surface area contributed by atoms with Crippen molar-refractivity contribution in [1.82, 2.24) is 5.32 Å². The topological polar surface area (TPSA) is 12.0 Å². The molecule has 1 N–H and O–H groups in total. The molecular formula is C17H17N. The van der Waals surface area contributed by atoms with Gasteiger partial charge in [0.15, 0.2) is 0 Å². The lowest BCUT2D eigenvalue weighted by molar-refractivity contribution is 0.581. The number of hydrogen-bond donors (Lipinski definition) is 1. The van der Waals surface area contributed by atoms with Crippen LogP contribution in [0.1, 0.15) is 30.0 Å². The molecule has 0 radical (unpaired) electrons. The molecule has 0 spiro atoms. The summed E-state index contributed by atoms with van der Waals surface area (Å²) in [5.74, 6) is 0.921. The van der Waals surface area contributed by atoms with E-state index in [-0.39, 0.29) is 0 Å². The van der Waals surface area contributed by atoms with E-state index >= 15 is 0 Å². The van der Waals surface area contributed by atoms with Gasteiger partial charge in [0.1, 0.15) is 0 Å². The van der Waals surface area contributed by atoms with Crippen LogP contribution in [-0.4, -0.2) is 6.54 Å². The first-order valence-corrected chi connectivity index (χ1v) is 6.85. The van der Waals surface area contributed by atoms with Crippen LogP contribution in [0.5, 0.6) is 0 Å². The first-order chi connectivity index (χ1) is 8.93. The summed E-state index contributed by atoms with van der Waals surface area (Å²) in [6.45, 7) is 1.16. The molecule has 1 heteroatoms. The van der Waals surface area contributed by atoms with E-state index < -0.39 is 0 Å². The third-order valence-corrected chi connectivity index (χ3v) is 4.14. The third kappa shape index (κ3) is 1.58. The Morgan fingerprint density at radius 3 is 1.94 bits per heavy atom. The quantitative estimate of drug-likeness (QED) is 0.854. The van der Waals surface area contributed by atoms with Gasteiger partial charge in [0.05, 0.1) is 6.04 Å². The fourth-order valence-corrected chi connectivity index (χ4v) is 2.98. The van der Waals surface area contributed by atoms with Crippen molar-refractivity contribution in [3.05, 3.63) is 59.7 Å². The summed E-state index contributed by atoms with van der Waals surface area (Å²) in [5, 5.41) is 3.76. The molecule has 1 nitrogen and oxygen atoms in total. The van der Waals surface area contributed by atoms with Crippen LogP contribution < -0.4 is 5.32 Å². The molecule has 0 atom stereocenters. The molecule has 2 aromatic rings. The number of benzene rings is 2. The molecule has 1 fully saturated rings. The highest BCUT2D eigenvalue weighted by Gasteiger charge is 2.29. The van der Waals surface area contributed by atoms with Crippen molar-refractivity contribution in [2.24, 2.45) is 5.92 Å². The molecule has 0 saturated heterocycles. The van der Waals surface area contributed by atoms with E-state index in [2.05, 4.69) is 53.8 Å². The number of nitrogens with one attached hydrogen (secondary N) is 1. The maximum atomic E-state index is 3.76. The molecule has 0 aliphatic heterocycles. The second-order valence-corrected chi connectivity index (χ2v) is 5.46. The second-order valence-electron chi connectivity index (χ2n) is 5.46. The zero-order chi connectivity index (χ0) is 11.9. The average Bonchev–Trinajstić information content (AvgIpc) is 3.20. The van der Waals surface area contributed by atoms with Crippen LogP contribution in [-0.2, 0) is 0 Å².